The van der Waals surface area contributed by atoms with Gasteiger partial charge in [-0.05, 0) is 67.7 Å². The van der Waals surface area contributed by atoms with E-state index in [1.807, 2.05) is 13.8 Å². The van der Waals surface area contributed by atoms with Crippen molar-refractivity contribution in [2.24, 2.45) is 11.8 Å². The van der Waals surface area contributed by atoms with Gasteiger partial charge in [0.2, 0.25) is 5.91 Å². The molecule has 1 aliphatic rings. The van der Waals surface area contributed by atoms with Crippen molar-refractivity contribution in [1.82, 2.24) is 16.1 Å². The molecule has 0 aliphatic heterocycles. The number of methoxy groups -OCH3 is 1. The van der Waals surface area contributed by atoms with Crippen LogP contribution in [0.15, 0.2) is 0 Å². The predicted octanol–water partition coefficient (Wildman–Crippen LogP) is 1.85. The van der Waals surface area contributed by atoms with Crippen LogP contribution in [0, 0.1) is 11.8 Å². The van der Waals surface area contributed by atoms with Gasteiger partial charge in [0, 0.05) is 31.8 Å². The molecule has 12 nitrogen and oxygen atoms in total. The molecule has 0 heterocycles. The summed E-state index contributed by atoms with van der Waals surface area (Å²) in [5.41, 5.74) is -0.108. The normalized spacial score (nSPS) is 22.6. The third kappa shape index (κ3) is 10.5. The minimum atomic E-state index is -1.20. The van der Waals surface area contributed by atoms with Crippen molar-refractivity contribution < 1.29 is 43.2 Å². The summed E-state index contributed by atoms with van der Waals surface area (Å²) < 4.78 is 17.3. The first-order valence-corrected chi connectivity index (χ1v) is 13.0. The molecule has 3 N–H and O–H groups in total. The summed E-state index contributed by atoms with van der Waals surface area (Å²) in [5, 5.41) is 17.9. The first-order chi connectivity index (χ1) is 17.3. The molecule has 1 aliphatic carbocycles. The highest BCUT2D eigenvalue weighted by atomic mass is 16.6. The highest BCUT2D eigenvalue weighted by Crippen LogP contribution is 2.39. The van der Waals surface area contributed by atoms with Gasteiger partial charge < -0.3 is 29.4 Å². The zero-order chi connectivity index (χ0) is 29.5. The SMILES string of the molecule is CCCC(C)(OC)C(NC(C)=O)C1CC(C(=O)[O-])CC1NC=[N+](NC(=O)OC(C)(C)C)C(=O)OC(C)(C)C. The van der Waals surface area contributed by atoms with E-state index >= 15 is 0 Å². The van der Waals surface area contributed by atoms with Gasteiger partial charge in [-0.1, -0.05) is 18.0 Å². The Bertz CT molecular complexity index is 893. The van der Waals surface area contributed by atoms with Crippen LogP contribution in [0.5, 0.6) is 0 Å². The molecule has 1 saturated carbocycles. The molecule has 0 aromatic carbocycles. The fourth-order valence-corrected chi connectivity index (χ4v) is 4.65. The number of ether oxygens (including phenoxy) is 3. The number of hydrazone groups is 1. The largest absolute Gasteiger partial charge is 0.550 e. The molecule has 0 bridgehead atoms. The van der Waals surface area contributed by atoms with E-state index in [9.17, 15) is 24.3 Å². The third-order valence-corrected chi connectivity index (χ3v) is 6.22. The summed E-state index contributed by atoms with van der Waals surface area (Å²) in [4.78, 5) is 49.3. The van der Waals surface area contributed by atoms with Crippen molar-refractivity contribution in [2.45, 2.75) is 117 Å². The van der Waals surface area contributed by atoms with Crippen molar-refractivity contribution in [3.8, 4) is 0 Å². The van der Waals surface area contributed by atoms with Gasteiger partial charge in [0.05, 0.1) is 17.7 Å². The molecule has 0 aromatic rings. The predicted molar refractivity (Wildman–Crippen MR) is 138 cm³/mol. The molecule has 12 heteroatoms. The molecule has 0 saturated heterocycles. The quantitative estimate of drug-likeness (QED) is 0.171. The lowest BCUT2D eigenvalue weighted by molar-refractivity contribution is -0.497. The molecule has 5 unspecified atom stereocenters. The van der Waals surface area contributed by atoms with E-state index in [0.717, 1.165) is 11.1 Å². The Hall–Kier alpha value is -2.89. The van der Waals surface area contributed by atoms with E-state index < -0.39 is 58.9 Å². The Balaban J connectivity index is 3.42. The fraction of sp³-hybridized carbons (Fsp3) is 0.808. The highest BCUT2D eigenvalue weighted by Gasteiger charge is 2.49. The lowest BCUT2D eigenvalue weighted by atomic mass is 9.79. The summed E-state index contributed by atoms with van der Waals surface area (Å²) in [6.45, 7) is 15.3. The molecule has 1 fully saturated rings. The van der Waals surface area contributed by atoms with Gasteiger partial charge in [-0.25, -0.2) is 4.79 Å². The summed E-state index contributed by atoms with van der Waals surface area (Å²) >= 11 is 0. The van der Waals surface area contributed by atoms with Crippen LogP contribution in [0.2, 0.25) is 0 Å². The number of hydrogen-bond donors (Lipinski definition) is 3. The van der Waals surface area contributed by atoms with Crippen molar-refractivity contribution in [3.05, 3.63) is 0 Å². The van der Waals surface area contributed by atoms with Crippen LogP contribution in [0.25, 0.3) is 0 Å². The Morgan fingerprint density at radius 1 is 1.03 bits per heavy atom. The smallest absolute Gasteiger partial charge is 0.531 e. The standard InChI is InChI=1S/C26H46N4O8/c1-11-12-26(9,36-10)20(28-16(2)31)18-13-17(21(32)33)14-19(18)27-15-30(23(35)38-25(6,7)8)29-22(34)37-24(3,4)5/h15,17-20H,11-14H2,1-10H3,(H3,28,29,31,32,33,34). The number of aliphatic carboxylic acids is 1. The lowest BCUT2D eigenvalue weighted by Gasteiger charge is -2.41. The molecule has 218 valence electrons. The number of carbonyl (C=O) groups excluding carboxylic acids is 4. The number of carbonyl (C=O) groups is 4. The topological polar surface area (TPSA) is 158 Å². The van der Waals surface area contributed by atoms with E-state index in [-0.39, 0.29) is 18.7 Å². The molecule has 0 spiro atoms. The number of hydrazine groups is 1. The van der Waals surface area contributed by atoms with Crippen molar-refractivity contribution >= 4 is 30.4 Å². The average Bonchev–Trinajstić information content (AvgIpc) is 3.16. The van der Waals surface area contributed by atoms with Crippen molar-refractivity contribution in [1.29, 1.82) is 0 Å². The number of carboxylic acid groups (broad SMARTS) is 1. The maximum absolute atomic E-state index is 12.9. The molecule has 0 radical (unpaired) electrons. The Kier molecular flexibility index (Phi) is 11.6. The monoisotopic (exact) mass is 542 g/mol. The summed E-state index contributed by atoms with van der Waals surface area (Å²) in [7, 11) is 1.55. The maximum atomic E-state index is 12.9. The number of rotatable bonds is 9. The van der Waals surface area contributed by atoms with Crippen molar-refractivity contribution in [2.75, 3.05) is 7.11 Å². The number of carboxylic acids is 1. The van der Waals surface area contributed by atoms with E-state index in [0.29, 0.717) is 6.42 Å². The minimum Gasteiger partial charge on any atom is -0.550 e. The summed E-state index contributed by atoms with van der Waals surface area (Å²) in [5.74, 6) is -2.68. The molecular formula is C26H46N4O8. The Morgan fingerprint density at radius 2 is 1.61 bits per heavy atom. The van der Waals surface area contributed by atoms with Crippen molar-refractivity contribution in [3.63, 3.8) is 0 Å². The van der Waals surface area contributed by atoms with Crippen LogP contribution in [-0.2, 0) is 23.8 Å². The summed E-state index contributed by atoms with van der Waals surface area (Å²) in [6, 6.07) is -1.07. The average molecular weight is 543 g/mol. The number of nitrogens with one attached hydrogen (secondary N) is 3. The van der Waals surface area contributed by atoms with Crippen LogP contribution in [0.4, 0.5) is 9.59 Å². The zero-order valence-corrected chi connectivity index (χ0v) is 24.4. The van der Waals surface area contributed by atoms with Gasteiger partial charge in [-0.2, -0.15) is 4.79 Å². The van der Waals surface area contributed by atoms with Gasteiger partial charge in [0.1, 0.15) is 11.2 Å². The molecule has 38 heavy (non-hydrogen) atoms. The first-order valence-electron chi connectivity index (χ1n) is 13.0. The van der Waals surface area contributed by atoms with Crippen LogP contribution in [0.1, 0.15) is 88.0 Å². The van der Waals surface area contributed by atoms with Crippen LogP contribution in [-0.4, -0.2) is 71.1 Å². The van der Waals surface area contributed by atoms with Crippen LogP contribution < -0.4 is 21.2 Å². The molecular weight excluding hydrogens is 496 g/mol. The number of nitrogens with zero attached hydrogens (tertiary/aromatic N) is 1. The van der Waals surface area contributed by atoms with Crippen LogP contribution in [0.3, 0.4) is 0 Å². The van der Waals surface area contributed by atoms with E-state index in [1.165, 1.54) is 13.3 Å². The summed E-state index contributed by atoms with van der Waals surface area (Å²) in [6.07, 6.45) is 1.21. The number of hydrogen-bond acceptors (Lipinski definition) is 8. The Morgan fingerprint density at radius 3 is 2.05 bits per heavy atom. The van der Waals surface area contributed by atoms with Crippen LogP contribution >= 0.6 is 0 Å². The van der Waals surface area contributed by atoms with E-state index in [1.54, 1.807) is 48.7 Å². The maximum Gasteiger partial charge on any atom is 0.531 e. The second-order valence-corrected chi connectivity index (χ2v) is 12.0. The van der Waals surface area contributed by atoms with Gasteiger partial charge >= 0.3 is 12.2 Å². The molecule has 3 amide bonds. The van der Waals surface area contributed by atoms with E-state index in [2.05, 4.69) is 16.1 Å². The lowest BCUT2D eigenvalue weighted by Crippen LogP contribution is -2.59. The first kappa shape index (κ1) is 33.1. The van der Waals surface area contributed by atoms with E-state index in [4.69, 9.17) is 14.2 Å². The van der Waals surface area contributed by atoms with Gasteiger partial charge in [0.15, 0.2) is 0 Å². The second-order valence-electron chi connectivity index (χ2n) is 12.0. The minimum absolute atomic E-state index is 0.167. The molecule has 5 atom stereocenters. The van der Waals surface area contributed by atoms with Gasteiger partial charge in [-0.3, -0.25) is 10.1 Å². The second kappa shape index (κ2) is 13.3. The van der Waals surface area contributed by atoms with Gasteiger partial charge in [-0.15, -0.1) is 5.43 Å². The molecule has 1 rings (SSSR count). The zero-order valence-electron chi connectivity index (χ0n) is 24.4. The Labute approximate surface area is 225 Å². The highest BCUT2D eigenvalue weighted by molar-refractivity contribution is 5.74. The molecule has 0 aromatic heterocycles. The number of amides is 3. The third-order valence-electron chi connectivity index (χ3n) is 6.22. The van der Waals surface area contributed by atoms with Gasteiger partial charge in [0.25, 0.3) is 6.34 Å². The fourth-order valence-electron chi connectivity index (χ4n) is 4.65.